The molecule has 29 heavy (non-hydrogen) atoms. The minimum Gasteiger partial charge on any atom is -0.502 e. The van der Waals surface area contributed by atoms with Gasteiger partial charge in [-0.2, -0.15) is 0 Å². The predicted octanol–water partition coefficient (Wildman–Crippen LogP) is 4.04. The van der Waals surface area contributed by atoms with Crippen molar-refractivity contribution in [1.29, 1.82) is 0 Å². The van der Waals surface area contributed by atoms with Gasteiger partial charge in [-0.25, -0.2) is 8.42 Å². The van der Waals surface area contributed by atoms with Gasteiger partial charge in [-0.05, 0) is 31.2 Å². The number of nitrogens with zero attached hydrogens (tertiary/aromatic N) is 2. The van der Waals surface area contributed by atoms with E-state index in [4.69, 9.17) is 0 Å². The summed E-state index contributed by atoms with van der Waals surface area (Å²) in [5.74, 6) is -0.541. The molecule has 1 N–H and O–H groups in total. The molecule has 0 saturated carbocycles. The molecule has 0 fully saturated rings. The number of non-ortho nitro benzene ring substituents is 1. The van der Waals surface area contributed by atoms with Crippen LogP contribution in [0.2, 0.25) is 0 Å². The summed E-state index contributed by atoms with van der Waals surface area (Å²) in [6.07, 6.45) is 0. The molecule has 9 nitrogen and oxygen atoms in total. The third kappa shape index (κ3) is 5.14. The largest absolute Gasteiger partial charge is 0.502 e. The zero-order valence-corrected chi connectivity index (χ0v) is 15.9. The Bertz CT molecular complexity index is 1090. The van der Waals surface area contributed by atoms with Gasteiger partial charge in [-0.15, -0.1) is 0 Å². The highest BCUT2D eigenvalue weighted by Gasteiger charge is 2.21. The zero-order chi connectivity index (χ0) is 21.6. The summed E-state index contributed by atoms with van der Waals surface area (Å²) in [5.41, 5.74) is -0.963. The number of hydrogen-bond donors (Lipinski definition) is 1. The molecule has 10 heteroatoms. The van der Waals surface area contributed by atoms with Crippen molar-refractivity contribution in [1.82, 2.24) is 0 Å². The summed E-state index contributed by atoms with van der Waals surface area (Å²) in [7, 11) is -3.34. The normalized spacial score (nSPS) is 10.5. The Morgan fingerprint density at radius 3 is 1.62 bits per heavy atom. The van der Waals surface area contributed by atoms with Crippen molar-refractivity contribution in [2.24, 2.45) is 0 Å². The van der Waals surface area contributed by atoms with E-state index in [2.05, 4.69) is 0 Å². The van der Waals surface area contributed by atoms with Gasteiger partial charge in [-0.1, -0.05) is 36.4 Å². The van der Waals surface area contributed by atoms with E-state index >= 15 is 0 Å². The van der Waals surface area contributed by atoms with Crippen LogP contribution in [0.3, 0.4) is 0 Å². The smallest absolute Gasteiger partial charge is 0.317 e. The number of aryl methyl sites for hydroxylation is 1. The van der Waals surface area contributed by atoms with Crippen molar-refractivity contribution >= 4 is 21.2 Å². The second-order valence-corrected chi connectivity index (χ2v) is 7.72. The van der Waals surface area contributed by atoms with Crippen LogP contribution in [0.25, 0.3) is 0 Å². The van der Waals surface area contributed by atoms with Gasteiger partial charge in [0.05, 0.1) is 25.7 Å². The van der Waals surface area contributed by atoms with E-state index in [1.54, 1.807) is 60.7 Å². The molecule has 0 saturated heterocycles. The van der Waals surface area contributed by atoms with E-state index in [1.165, 1.54) is 6.92 Å². The first-order valence-corrected chi connectivity index (χ1v) is 9.60. The highest BCUT2D eigenvalue weighted by Crippen LogP contribution is 2.33. The fourth-order valence-corrected chi connectivity index (χ4v) is 3.63. The number of rotatable bonds is 4. The van der Waals surface area contributed by atoms with Gasteiger partial charge in [0.15, 0.2) is 5.75 Å². The number of sulfone groups is 1. The predicted molar refractivity (Wildman–Crippen MR) is 104 cm³/mol. The van der Waals surface area contributed by atoms with Crippen LogP contribution < -0.4 is 0 Å². The molecule has 0 atom stereocenters. The lowest BCUT2D eigenvalue weighted by atomic mass is 10.1. The number of nitro benzene ring substituents is 2. The summed E-state index contributed by atoms with van der Waals surface area (Å²) in [6.45, 7) is 1.36. The first kappa shape index (κ1) is 21.5. The third-order valence-corrected chi connectivity index (χ3v) is 5.57. The molecule has 0 aromatic heterocycles. The van der Waals surface area contributed by atoms with Crippen LogP contribution in [-0.2, 0) is 9.84 Å². The summed E-state index contributed by atoms with van der Waals surface area (Å²) in [4.78, 5) is 19.8. The van der Waals surface area contributed by atoms with Crippen molar-refractivity contribution in [3.05, 3.63) is 98.6 Å². The minimum absolute atomic E-state index is 0.103. The number of nitro groups is 2. The van der Waals surface area contributed by atoms with E-state index in [1.807, 2.05) is 0 Å². The van der Waals surface area contributed by atoms with Crippen LogP contribution >= 0.6 is 0 Å². The van der Waals surface area contributed by atoms with Crippen LogP contribution in [0.1, 0.15) is 5.56 Å². The van der Waals surface area contributed by atoms with Crippen molar-refractivity contribution in [2.75, 3.05) is 0 Å². The lowest BCUT2D eigenvalue weighted by Gasteiger charge is -2.03. The van der Waals surface area contributed by atoms with E-state index in [9.17, 15) is 33.8 Å². The van der Waals surface area contributed by atoms with E-state index in [-0.39, 0.29) is 5.56 Å². The average Bonchev–Trinajstić information content (AvgIpc) is 2.71. The highest BCUT2D eigenvalue weighted by atomic mass is 32.2. The first-order chi connectivity index (χ1) is 13.6. The molecule has 0 radical (unpaired) electrons. The van der Waals surface area contributed by atoms with Crippen molar-refractivity contribution in [2.45, 2.75) is 16.7 Å². The Kier molecular flexibility index (Phi) is 6.63. The van der Waals surface area contributed by atoms with Crippen LogP contribution in [0.5, 0.6) is 5.75 Å². The summed E-state index contributed by atoms with van der Waals surface area (Å²) in [5, 5.41) is 29.9. The van der Waals surface area contributed by atoms with Gasteiger partial charge in [0.25, 0.3) is 5.69 Å². The highest BCUT2D eigenvalue weighted by molar-refractivity contribution is 7.91. The molecule has 3 rings (SSSR count). The zero-order valence-electron chi connectivity index (χ0n) is 15.1. The monoisotopic (exact) mass is 416 g/mol. The first-order valence-electron chi connectivity index (χ1n) is 8.12. The molecule has 0 bridgehead atoms. The number of hydrogen-bond acceptors (Lipinski definition) is 7. The summed E-state index contributed by atoms with van der Waals surface area (Å²) in [6, 6.07) is 18.7. The van der Waals surface area contributed by atoms with Gasteiger partial charge < -0.3 is 5.11 Å². The van der Waals surface area contributed by atoms with E-state index in [0.717, 1.165) is 12.1 Å². The SMILES string of the molecule is Cc1cc([N+](=O)[O-])cc([N+](=O)[O-])c1O.O=S(=O)(c1ccccc1)c1ccccc1. The second kappa shape index (κ2) is 8.93. The molecule has 0 aliphatic heterocycles. The van der Waals surface area contributed by atoms with Gasteiger partial charge in [0, 0.05) is 11.6 Å². The maximum Gasteiger partial charge on any atom is 0.317 e. The molecule has 0 aliphatic rings. The summed E-state index contributed by atoms with van der Waals surface area (Å²) >= 11 is 0. The maximum atomic E-state index is 12.0. The molecule has 0 spiro atoms. The topological polar surface area (TPSA) is 141 Å². The van der Waals surface area contributed by atoms with Crippen molar-refractivity contribution in [3.63, 3.8) is 0 Å². The molecular weight excluding hydrogens is 400 g/mol. The molecule has 0 aliphatic carbocycles. The second-order valence-electron chi connectivity index (χ2n) is 5.77. The molecule has 150 valence electrons. The number of benzene rings is 3. The van der Waals surface area contributed by atoms with Crippen molar-refractivity contribution in [3.8, 4) is 5.75 Å². The number of aromatic hydroxyl groups is 1. The fraction of sp³-hybridized carbons (Fsp3) is 0.0526. The van der Waals surface area contributed by atoms with Gasteiger partial charge >= 0.3 is 5.69 Å². The lowest BCUT2D eigenvalue weighted by Crippen LogP contribution is -2.00. The van der Waals surface area contributed by atoms with Crippen molar-refractivity contribution < 1.29 is 23.4 Å². The third-order valence-electron chi connectivity index (χ3n) is 3.78. The van der Waals surface area contributed by atoms with E-state index in [0.29, 0.717) is 9.79 Å². The van der Waals surface area contributed by atoms with Gasteiger partial charge in [0.1, 0.15) is 0 Å². The molecular formula is C19H16N2O7S. The lowest BCUT2D eigenvalue weighted by molar-refractivity contribution is -0.394. The van der Waals surface area contributed by atoms with Crippen LogP contribution in [0, 0.1) is 27.2 Å². The molecule has 0 amide bonds. The van der Waals surface area contributed by atoms with Crippen LogP contribution in [0.4, 0.5) is 11.4 Å². The Labute approximate surface area is 166 Å². The van der Waals surface area contributed by atoms with Crippen LogP contribution in [0.15, 0.2) is 82.6 Å². The Balaban J connectivity index is 0.000000208. The Hall–Kier alpha value is -3.79. The fourth-order valence-electron chi connectivity index (χ4n) is 2.32. The molecule has 3 aromatic carbocycles. The molecule has 3 aromatic rings. The average molecular weight is 416 g/mol. The van der Waals surface area contributed by atoms with Crippen LogP contribution in [-0.4, -0.2) is 23.4 Å². The maximum absolute atomic E-state index is 12.0. The minimum atomic E-state index is -3.34. The quantitative estimate of drug-likeness (QED) is 0.500. The Morgan fingerprint density at radius 2 is 1.24 bits per heavy atom. The Morgan fingerprint density at radius 1 is 0.793 bits per heavy atom. The van der Waals surface area contributed by atoms with Gasteiger partial charge in [0.2, 0.25) is 9.84 Å². The number of phenolic OH excluding ortho intramolecular Hbond substituents is 1. The standard InChI is InChI=1S/C12H10O2S.C7H6N2O5/c13-15(14,11-7-3-1-4-8-11)12-9-5-2-6-10-12;1-4-2-5(8(11)12)3-6(7(4)10)9(13)14/h1-10H;2-3,10H,1H3. The number of phenols is 1. The molecule has 0 unspecified atom stereocenters. The summed E-state index contributed by atoms with van der Waals surface area (Å²) < 4.78 is 24.1. The van der Waals surface area contributed by atoms with E-state index < -0.39 is 36.8 Å². The van der Waals surface area contributed by atoms with Gasteiger partial charge in [-0.3, -0.25) is 20.2 Å². The molecule has 0 heterocycles.